The molecule has 4 fully saturated rings. The number of ether oxygens (including phenoxy) is 1. The van der Waals surface area contributed by atoms with Gasteiger partial charge in [0, 0.05) is 48.1 Å². The van der Waals surface area contributed by atoms with E-state index >= 15 is 4.39 Å². The van der Waals surface area contributed by atoms with Gasteiger partial charge < -0.3 is 25.0 Å². The molecule has 1 saturated carbocycles. The maximum absolute atomic E-state index is 16.8. The largest absolute Gasteiger partial charge is 0.508 e. The van der Waals surface area contributed by atoms with Gasteiger partial charge in [-0.2, -0.15) is 9.97 Å². The molecule has 9 heteroatoms. The highest BCUT2D eigenvalue weighted by atomic mass is 19.1. The van der Waals surface area contributed by atoms with Crippen molar-refractivity contribution in [2.45, 2.75) is 64.0 Å². The number of aryl methyl sites for hydroxylation is 1. The van der Waals surface area contributed by atoms with E-state index in [0.29, 0.717) is 58.2 Å². The molecule has 0 amide bonds. The summed E-state index contributed by atoms with van der Waals surface area (Å²) in [4.78, 5) is 14.4. The van der Waals surface area contributed by atoms with Crippen molar-refractivity contribution < 1.29 is 18.6 Å². The highest BCUT2D eigenvalue weighted by Gasteiger charge is 2.45. The molecule has 1 aromatic heterocycles. The van der Waals surface area contributed by atoms with E-state index in [1.807, 2.05) is 13.0 Å². The van der Waals surface area contributed by atoms with Gasteiger partial charge in [0.1, 0.15) is 22.9 Å². The molecule has 2 N–H and O–H groups in total. The molecule has 44 heavy (non-hydrogen) atoms. The summed E-state index contributed by atoms with van der Waals surface area (Å²) < 4.78 is 38.1. The van der Waals surface area contributed by atoms with Crippen molar-refractivity contribution in [3.8, 4) is 22.9 Å². The van der Waals surface area contributed by atoms with Crippen LogP contribution in [-0.4, -0.2) is 71.4 Å². The second-order valence-electron chi connectivity index (χ2n) is 13.4. The zero-order valence-corrected chi connectivity index (χ0v) is 25.2. The summed E-state index contributed by atoms with van der Waals surface area (Å²) in [6, 6.07) is 10.7. The van der Waals surface area contributed by atoms with Crippen molar-refractivity contribution in [3.63, 3.8) is 0 Å². The topological polar surface area (TPSA) is 73.8 Å². The molecule has 3 aliphatic heterocycles. The van der Waals surface area contributed by atoms with Gasteiger partial charge in [0.05, 0.1) is 6.61 Å². The third kappa shape index (κ3) is 4.94. The Balaban J connectivity index is 1.23. The Morgan fingerprint density at radius 1 is 1.00 bits per heavy atom. The zero-order chi connectivity index (χ0) is 30.0. The fraction of sp³-hybridized carbons (Fsp3) is 0.486. The van der Waals surface area contributed by atoms with Gasteiger partial charge in [0.2, 0.25) is 0 Å². The molecule has 0 radical (unpaired) electrons. The molecule has 4 aliphatic rings. The van der Waals surface area contributed by atoms with Crippen molar-refractivity contribution in [1.29, 1.82) is 0 Å². The molecule has 4 heterocycles. The van der Waals surface area contributed by atoms with E-state index in [4.69, 9.17) is 14.7 Å². The number of fused-ring (bicyclic) bond motifs is 4. The fourth-order valence-electron chi connectivity index (χ4n) is 7.82. The van der Waals surface area contributed by atoms with Gasteiger partial charge in [0.25, 0.3) is 0 Å². The number of phenolic OH excluding ortho intramolecular Hbond substituents is 1. The van der Waals surface area contributed by atoms with Crippen LogP contribution in [0.3, 0.4) is 0 Å². The summed E-state index contributed by atoms with van der Waals surface area (Å²) in [6.07, 6.45) is 7.41. The monoisotopic (exact) mass is 599 g/mol. The molecule has 4 aromatic rings. The average Bonchev–Trinajstić information content (AvgIpc) is 3.42. The number of anilines is 1. The number of phenols is 1. The van der Waals surface area contributed by atoms with Crippen LogP contribution in [0.4, 0.5) is 14.6 Å². The van der Waals surface area contributed by atoms with E-state index in [9.17, 15) is 9.50 Å². The molecule has 1 aliphatic carbocycles. The zero-order valence-electron chi connectivity index (χ0n) is 25.2. The predicted molar refractivity (Wildman–Crippen MR) is 168 cm³/mol. The van der Waals surface area contributed by atoms with Crippen LogP contribution in [0.2, 0.25) is 0 Å². The Bertz CT molecular complexity index is 1740. The van der Waals surface area contributed by atoms with Gasteiger partial charge in [0.15, 0.2) is 5.82 Å². The van der Waals surface area contributed by atoms with Gasteiger partial charge >= 0.3 is 6.01 Å². The Kier molecular flexibility index (Phi) is 6.86. The van der Waals surface area contributed by atoms with E-state index in [2.05, 4.69) is 15.1 Å². The number of likely N-dealkylation sites (tertiary alicyclic amines) is 1. The minimum Gasteiger partial charge on any atom is -0.508 e. The lowest BCUT2D eigenvalue weighted by atomic mass is 9.92. The Hall–Kier alpha value is -3.56. The van der Waals surface area contributed by atoms with E-state index in [0.717, 1.165) is 58.4 Å². The number of hydrogen-bond donors (Lipinski definition) is 2. The molecule has 2 atom stereocenters. The number of aromatic hydroxyl groups is 1. The minimum absolute atomic E-state index is 0.00270. The van der Waals surface area contributed by atoms with Gasteiger partial charge in [-0.25, -0.2) is 8.78 Å². The fourth-order valence-corrected chi connectivity index (χ4v) is 7.82. The Morgan fingerprint density at radius 3 is 2.50 bits per heavy atom. The first-order chi connectivity index (χ1) is 21.4. The standard InChI is InChI=1S/C35H39F2N5O2/c1-2-25-29(36)10-5-21-15-24(43)16-28(30(21)25)26-8-9-27-32(31(26)37)39-34(40-33(27)42-17-22-6-7-23(18-42)38-22)44-20-35(11-12-35)19-41-13-3-4-14-41/h5,8-10,15-16,22-23,38,43H,2-4,6-7,11-14,17-20H2,1H3/t22-,23+. The highest BCUT2D eigenvalue weighted by molar-refractivity contribution is 6.03. The predicted octanol–water partition coefficient (Wildman–Crippen LogP) is 6.19. The molecule has 0 spiro atoms. The number of aromatic nitrogens is 2. The number of rotatable bonds is 8. The molecule has 3 aromatic carbocycles. The Morgan fingerprint density at radius 2 is 1.77 bits per heavy atom. The van der Waals surface area contributed by atoms with Gasteiger partial charge in [-0.15, -0.1) is 0 Å². The maximum atomic E-state index is 16.8. The number of hydrogen-bond acceptors (Lipinski definition) is 7. The SMILES string of the molecule is CCc1c(F)ccc2cc(O)cc(-c3ccc4c(N5C[C@H]6CC[C@@H](C5)N6)nc(OCC5(CN6CCCC6)CC5)nc4c3F)c12. The number of piperazine rings is 1. The summed E-state index contributed by atoms with van der Waals surface area (Å²) in [7, 11) is 0. The summed E-state index contributed by atoms with van der Waals surface area (Å²) in [5.74, 6) is -0.174. The Labute approximate surface area is 256 Å². The third-order valence-corrected chi connectivity index (χ3v) is 10.3. The van der Waals surface area contributed by atoms with E-state index in [1.165, 1.54) is 25.0 Å². The maximum Gasteiger partial charge on any atom is 0.319 e. The molecular formula is C35H39F2N5O2. The molecule has 3 saturated heterocycles. The highest BCUT2D eigenvalue weighted by Crippen LogP contribution is 2.47. The van der Waals surface area contributed by atoms with Crippen molar-refractivity contribution in [2.75, 3.05) is 44.2 Å². The molecule has 0 unspecified atom stereocenters. The van der Waals surface area contributed by atoms with E-state index < -0.39 is 5.82 Å². The van der Waals surface area contributed by atoms with E-state index in [1.54, 1.807) is 18.2 Å². The number of benzene rings is 3. The lowest BCUT2D eigenvalue weighted by Crippen LogP contribution is -2.51. The first-order valence-corrected chi connectivity index (χ1v) is 16.2. The molecule has 2 bridgehead atoms. The summed E-state index contributed by atoms with van der Waals surface area (Å²) in [6.45, 7) is 7.29. The van der Waals surface area contributed by atoms with Crippen molar-refractivity contribution in [1.82, 2.24) is 20.2 Å². The van der Waals surface area contributed by atoms with Crippen LogP contribution in [0.5, 0.6) is 11.8 Å². The quantitative estimate of drug-likeness (QED) is 0.250. The van der Waals surface area contributed by atoms with Crippen LogP contribution in [0.15, 0.2) is 36.4 Å². The second-order valence-corrected chi connectivity index (χ2v) is 13.4. The van der Waals surface area contributed by atoms with Gasteiger partial charge in [-0.05, 0) is 104 Å². The normalized spacial score (nSPS) is 22.8. The summed E-state index contributed by atoms with van der Waals surface area (Å²) in [5, 5.41) is 16.2. The van der Waals surface area contributed by atoms with Crippen LogP contribution in [0.25, 0.3) is 32.8 Å². The third-order valence-electron chi connectivity index (χ3n) is 10.3. The first-order valence-electron chi connectivity index (χ1n) is 16.2. The summed E-state index contributed by atoms with van der Waals surface area (Å²) in [5.41, 5.74) is 1.50. The van der Waals surface area contributed by atoms with Crippen LogP contribution in [0.1, 0.15) is 51.0 Å². The van der Waals surface area contributed by atoms with Gasteiger partial charge in [-0.3, -0.25) is 0 Å². The lowest BCUT2D eigenvalue weighted by Gasteiger charge is -2.34. The van der Waals surface area contributed by atoms with Crippen LogP contribution in [0, 0.1) is 17.0 Å². The second kappa shape index (κ2) is 10.8. The molecule has 8 rings (SSSR count). The van der Waals surface area contributed by atoms with Crippen molar-refractivity contribution in [3.05, 3.63) is 53.6 Å². The van der Waals surface area contributed by atoms with Crippen LogP contribution >= 0.6 is 0 Å². The van der Waals surface area contributed by atoms with Crippen molar-refractivity contribution >= 4 is 27.5 Å². The average molecular weight is 600 g/mol. The van der Waals surface area contributed by atoms with Crippen LogP contribution in [-0.2, 0) is 6.42 Å². The molecular weight excluding hydrogens is 560 g/mol. The van der Waals surface area contributed by atoms with Crippen molar-refractivity contribution in [2.24, 2.45) is 5.41 Å². The number of nitrogens with one attached hydrogen (secondary N) is 1. The van der Waals surface area contributed by atoms with Gasteiger partial charge in [-0.1, -0.05) is 19.1 Å². The first kappa shape index (κ1) is 28.0. The molecule has 230 valence electrons. The smallest absolute Gasteiger partial charge is 0.319 e. The number of halogens is 2. The van der Waals surface area contributed by atoms with E-state index in [-0.39, 0.29) is 34.1 Å². The minimum atomic E-state index is -0.523. The number of nitrogens with zero attached hydrogens (tertiary/aromatic N) is 4. The van der Waals surface area contributed by atoms with Crippen LogP contribution < -0.4 is 15.0 Å². The lowest BCUT2D eigenvalue weighted by molar-refractivity contribution is 0.170. The summed E-state index contributed by atoms with van der Waals surface area (Å²) >= 11 is 0. The molecule has 7 nitrogen and oxygen atoms in total.